The summed E-state index contributed by atoms with van der Waals surface area (Å²) in [6.45, 7) is 2.53. The molecule has 7 heteroatoms. The third-order valence-corrected chi connectivity index (χ3v) is 5.49. The molecule has 3 aliphatic rings. The van der Waals surface area contributed by atoms with Gasteiger partial charge in [-0.05, 0) is 37.4 Å². The van der Waals surface area contributed by atoms with E-state index in [2.05, 4.69) is 27.6 Å². The molecule has 3 heterocycles. The van der Waals surface area contributed by atoms with Crippen LogP contribution in [0.5, 0.6) is 0 Å². The molecule has 0 radical (unpaired) electrons. The highest BCUT2D eigenvalue weighted by Gasteiger charge is 2.41. The molecule has 0 aromatic heterocycles. The summed E-state index contributed by atoms with van der Waals surface area (Å²) in [6, 6.07) is 8.03. The van der Waals surface area contributed by atoms with Crippen LogP contribution in [0.25, 0.3) is 0 Å². The summed E-state index contributed by atoms with van der Waals surface area (Å²) in [7, 11) is 0. The van der Waals surface area contributed by atoms with Crippen LogP contribution in [0.1, 0.15) is 18.4 Å². The van der Waals surface area contributed by atoms with E-state index in [1.54, 1.807) is 4.90 Å². The molecular weight excluding hydrogens is 318 g/mol. The maximum Gasteiger partial charge on any atom is 0.246 e. The number of hydrogen-bond acceptors (Lipinski definition) is 5. The Hall–Kier alpha value is -1.96. The molecule has 2 amide bonds. The van der Waals surface area contributed by atoms with Gasteiger partial charge in [-0.25, -0.2) is 5.43 Å². The van der Waals surface area contributed by atoms with Crippen LogP contribution < -0.4 is 26.4 Å². The maximum absolute atomic E-state index is 12.6. The van der Waals surface area contributed by atoms with E-state index in [0.717, 1.165) is 38.0 Å². The van der Waals surface area contributed by atoms with Crippen molar-refractivity contribution in [2.75, 3.05) is 31.1 Å². The molecule has 4 N–H and O–H groups in total. The van der Waals surface area contributed by atoms with Crippen LogP contribution in [-0.2, 0) is 16.0 Å². The number of hydrazine groups is 1. The highest BCUT2D eigenvalue weighted by atomic mass is 16.2. The molecule has 0 bridgehead atoms. The van der Waals surface area contributed by atoms with Crippen molar-refractivity contribution in [3.8, 4) is 0 Å². The van der Waals surface area contributed by atoms with Crippen molar-refractivity contribution in [2.24, 2.45) is 5.92 Å². The van der Waals surface area contributed by atoms with Crippen LogP contribution in [0.15, 0.2) is 24.3 Å². The second kappa shape index (κ2) is 7.11. The molecule has 0 spiro atoms. The molecule has 3 atom stereocenters. The first-order valence-electron chi connectivity index (χ1n) is 9.12. The van der Waals surface area contributed by atoms with Crippen molar-refractivity contribution in [3.63, 3.8) is 0 Å². The summed E-state index contributed by atoms with van der Waals surface area (Å²) >= 11 is 0. The van der Waals surface area contributed by atoms with Gasteiger partial charge in [0.15, 0.2) is 0 Å². The van der Waals surface area contributed by atoms with Crippen molar-refractivity contribution in [3.05, 3.63) is 29.8 Å². The van der Waals surface area contributed by atoms with Crippen LogP contribution in [0.4, 0.5) is 5.69 Å². The Balaban J connectivity index is 1.35. The predicted octanol–water partition coefficient (Wildman–Crippen LogP) is -0.463. The van der Waals surface area contributed by atoms with E-state index in [0.29, 0.717) is 12.6 Å². The van der Waals surface area contributed by atoms with Gasteiger partial charge < -0.3 is 15.5 Å². The molecule has 1 aromatic carbocycles. The average molecular weight is 343 g/mol. The fourth-order valence-electron chi connectivity index (χ4n) is 4.14. The van der Waals surface area contributed by atoms with Crippen LogP contribution >= 0.6 is 0 Å². The number of carbonyl (C=O) groups is 2. The highest BCUT2D eigenvalue weighted by Crippen LogP contribution is 2.26. The van der Waals surface area contributed by atoms with Gasteiger partial charge in [0.1, 0.15) is 6.04 Å². The summed E-state index contributed by atoms with van der Waals surface area (Å²) in [5.41, 5.74) is 8.47. The van der Waals surface area contributed by atoms with E-state index >= 15 is 0 Å². The van der Waals surface area contributed by atoms with Crippen molar-refractivity contribution < 1.29 is 9.59 Å². The number of piperidine rings is 1. The fraction of sp³-hybridized carbons (Fsp3) is 0.556. The Kier molecular flexibility index (Phi) is 4.70. The number of nitrogens with zero attached hydrogens (tertiary/aromatic N) is 1. The zero-order chi connectivity index (χ0) is 17.2. The number of benzene rings is 1. The van der Waals surface area contributed by atoms with E-state index in [1.807, 2.05) is 18.2 Å². The van der Waals surface area contributed by atoms with Crippen LogP contribution in [0.2, 0.25) is 0 Å². The van der Waals surface area contributed by atoms with Crippen molar-refractivity contribution in [2.45, 2.75) is 31.3 Å². The van der Waals surface area contributed by atoms with Gasteiger partial charge in [-0.3, -0.25) is 15.0 Å². The first-order valence-corrected chi connectivity index (χ1v) is 9.12. The number of nitrogens with one attached hydrogen (secondary N) is 4. The number of para-hydroxylation sites is 1. The minimum atomic E-state index is -0.292. The van der Waals surface area contributed by atoms with E-state index in [4.69, 9.17) is 0 Å². The molecule has 2 fully saturated rings. The SMILES string of the molecule is O=C(NCC(=O)N1CCCc2ccccc21)C1NNC2CCNCC21. The largest absolute Gasteiger partial charge is 0.346 e. The Bertz CT molecular complexity index is 665. The molecule has 0 saturated carbocycles. The topological polar surface area (TPSA) is 85.5 Å². The van der Waals surface area contributed by atoms with Crippen LogP contribution in [-0.4, -0.2) is 50.1 Å². The van der Waals surface area contributed by atoms with Crippen molar-refractivity contribution >= 4 is 17.5 Å². The van der Waals surface area contributed by atoms with Gasteiger partial charge in [0.05, 0.1) is 6.54 Å². The van der Waals surface area contributed by atoms with E-state index < -0.39 is 0 Å². The Morgan fingerprint density at radius 2 is 2.12 bits per heavy atom. The Morgan fingerprint density at radius 3 is 3.04 bits per heavy atom. The number of fused-ring (bicyclic) bond motifs is 2. The number of carbonyl (C=O) groups excluding carboxylic acids is 2. The molecular formula is C18H25N5O2. The molecule has 7 nitrogen and oxygen atoms in total. The number of hydrogen-bond donors (Lipinski definition) is 4. The second-order valence-corrected chi connectivity index (χ2v) is 7.02. The summed E-state index contributed by atoms with van der Waals surface area (Å²) in [5.74, 6) is 0.0617. The van der Waals surface area contributed by atoms with Gasteiger partial charge >= 0.3 is 0 Å². The third-order valence-electron chi connectivity index (χ3n) is 5.49. The minimum Gasteiger partial charge on any atom is -0.346 e. The normalized spacial score (nSPS) is 28.2. The highest BCUT2D eigenvalue weighted by molar-refractivity contribution is 5.98. The zero-order valence-corrected chi connectivity index (χ0v) is 14.3. The monoisotopic (exact) mass is 343 g/mol. The lowest BCUT2D eigenvalue weighted by Crippen LogP contribution is -2.51. The quantitative estimate of drug-likeness (QED) is 0.597. The van der Waals surface area contributed by atoms with E-state index in [1.165, 1.54) is 5.56 Å². The third kappa shape index (κ3) is 3.27. The van der Waals surface area contributed by atoms with Crippen LogP contribution in [0, 0.1) is 5.92 Å². The van der Waals surface area contributed by atoms with Crippen molar-refractivity contribution in [1.82, 2.24) is 21.5 Å². The zero-order valence-electron chi connectivity index (χ0n) is 14.3. The van der Waals surface area contributed by atoms with Gasteiger partial charge in [-0.2, -0.15) is 0 Å². The smallest absolute Gasteiger partial charge is 0.246 e. The molecule has 3 aliphatic heterocycles. The molecule has 25 heavy (non-hydrogen) atoms. The molecule has 4 rings (SSSR count). The maximum atomic E-state index is 12.6. The summed E-state index contributed by atoms with van der Waals surface area (Å²) in [5, 5.41) is 6.16. The predicted molar refractivity (Wildman–Crippen MR) is 94.9 cm³/mol. The summed E-state index contributed by atoms with van der Waals surface area (Å²) in [6.07, 6.45) is 2.96. The van der Waals surface area contributed by atoms with Gasteiger partial charge in [0.25, 0.3) is 0 Å². The Labute approximate surface area is 147 Å². The lowest BCUT2D eigenvalue weighted by Gasteiger charge is -2.30. The Morgan fingerprint density at radius 1 is 1.24 bits per heavy atom. The first-order chi connectivity index (χ1) is 12.2. The van der Waals surface area contributed by atoms with Gasteiger partial charge in [0.2, 0.25) is 11.8 Å². The minimum absolute atomic E-state index is 0.0379. The number of rotatable bonds is 3. The number of amides is 2. The fourth-order valence-corrected chi connectivity index (χ4v) is 4.14. The average Bonchev–Trinajstić information content (AvgIpc) is 3.09. The molecule has 0 aliphatic carbocycles. The van der Waals surface area contributed by atoms with E-state index in [-0.39, 0.29) is 30.3 Å². The number of anilines is 1. The van der Waals surface area contributed by atoms with Gasteiger partial charge in [-0.1, -0.05) is 18.2 Å². The van der Waals surface area contributed by atoms with E-state index in [9.17, 15) is 9.59 Å². The van der Waals surface area contributed by atoms with Gasteiger partial charge in [-0.15, -0.1) is 0 Å². The van der Waals surface area contributed by atoms with Gasteiger partial charge in [0, 0.05) is 30.7 Å². The number of aryl methyl sites for hydroxylation is 1. The lowest BCUT2D eigenvalue weighted by molar-refractivity contribution is -0.127. The second-order valence-electron chi connectivity index (χ2n) is 7.02. The van der Waals surface area contributed by atoms with Crippen LogP contribution in [0.3, 0.4) is 0 Å². The molecule has 3 unspecified atom stereocenters. The molecule has 134 valence electrons. The standard InChI is InChI=1S/C18H25N5O2/c24-16(23-9-3-5-12-4-1-2-6-15(12)23)11-20-18(25)17-13-10-19-8-7-14(13)21-22-17/h1-2,4,6,13-14,17,19,21-22H,3,5,7-11H2,(H,20,25). The summed E-state index contributed by atoms with van der Waals surface area (Å²) < 4.78 is 0. The first kappa shape index (κ1) is 16.5. The molecule has 1 aromatic rings. The lowest BCUT2D eigenvalue weighted by atomic mass is 9.89. The van der Waals surface area contributed by atoms with Crippen molar-refractivity contribution in [1.29, 1.82) is 0 Å². The summed E-state index contributed by atoms with van der Waals surface area (Å²) in [4.78, 5) is 26.9. The molecule has 2 saturated heterocycles.